The van der Waals surface area contributed by atoms with Gasteiger partial charge in [-0.3, -0.25) is 4.79 Å². The SMILES string of the molecule is CC(N)C1CCCN(C(=O)c2ccc(N3CCCC3)nc2)C1. The molecule has 2 N–H and O–H groups in total. The van der Waals surface area contributed by atoms with Crippen LogP contribution in [0.15, 0.2) is 18.3 Å². The summed E-state index contributed by atoms with van der Waals surface area (Å²) in [7, 11) is 0. The van der Waals surface area contributed by atoms with Crippen LogP contribution in [0.2, 0.25) is 0 Å². The summed E-state index contributed by atoms with van der Waals surface area (Å²) in [6.45, 7) is 5.77. The minimum Gasteiger partial charge on any atom is -0.357 e. The number of hydrogen-bond donors (Lipinski definition) is 1. The highest BCUT2D eigenvalue weighted by Crippen LogP contribution is 2.22. The second-order valence-corrected chi connectivity index (χ2v) is 6.61. The fraction of sp³-hybridized carbons (Fsp3) is 0.647. The first-order chi connectivity index (χ1) is 10.6. The molecule has 0 bridgehead atoms. The quantitative estimate of drug-likeness (QED) is 0.926. The van der Waals surface area contributed by atoms with Crippen molar-refractivity contribution in [2.75, 3.05) is 31.1 Å². The van der Waals surface area contributed by atoms with Gasteiger partial charge < -0.3 is 15.5 Å². The maximum absolute atomic E-state index is 12.6. The number of aromatic nitrogens is 1. The van der Waals surface area contributed by atoms with Gasteiger partial charge in [-0.1, -0.05) is 0 Å². The summed E-state index contributed by atoms with van der Waals surface area (Å²) in [5.41, 5.74) is 6.69. The first kappa shape index (κ1) is 15.3. The molecular formula is C17H26N4O. The van der Waals surface area contributed by atoms with Crippen LogP contribution in [0.1, 0.15) is 43.0 Å². The van der Waals surface area contributed by atoms with Gasteiger partial charge in [0.15, 0.2) is 0 Å². The average Bonchev–Trinajstić information content (AvgIpc) is 3.09. The van der Waals surface area contributed by atoms with Gasteiger partial charge in [0.1, 0.15) is 5.82 Å². The van der Waals surface area contributed by atoms with E-state index in [0.717, 1.165) is 44.8 Å². The number of nitrogens with two attached hydrogens (primary N) is 1. The molecule has 2 aliphatic rings. The van der Waals surface area contributed by atoms with Crippen molar-refractivity contribution in [1.29, 1.82) is 0 Å². The maximum atomic E-state index is 12.6. The summed E-state index contributed by atoms with van der Waals surface area (Å²) in [5.74, 6) is 1.49. The van der Waals surface area contributed by atoms with E-state index in [0.29, 0.717) is 11.5 Å². The van der Waals surface area contributed by atoms with Crippen LogP contribution in [-0.2, 0) is 0 Å². The van der Waals surface area contributed by atoms with E-state index in [1.54, 1.807) is 6.20 Å². The lowest BCUT2D eigenvalue weighted by atomic mass is 9.92. The summed E-state index contributed by atoms with van der Waals surface area (Å²) in [5, 5.41) is 0. The van der Waals surface area contributed by atoms with Gasteiger partial charge in [0.2, 0.25) is 0 Å². The van der Waals surface area contributed by atoms with Crippen LogP contribution in [0.25, 0.3) is 0 Å². The maximum Gasteiger partial charge on any atom is 0.255 e. The third kappa shape index (κ3) is 3.24. The Hall–Kier alpha value is -1.62. The summed E-state index contributed by atoms with van der Waals surface area (Å²) < 4.78 is 0. The lowest BCUT2D eigenvalue weighted by molar-refractivity contribution is 0.0660. The number of likely N-dealkylation sites (tertiary alicyclic amines) is 1. The molecule has 2 aliphatic heterocycles. The summed E-state index contributed by atoms with van der Waals surface area (Å²) in [6, 6.07) is 4.04. The molecule has 1 aromatic rings. The Bertz CT molecular complexity index is 508. The molecular weight excluding hydrogens is 276 g/mol. The molecule has 22 heavy (non-hydrogen) atoms. The molecule has 0 saturated carbocycles. The molecule has 2 saturated heterocycles. The van der Waals surface area contributed by atoms with Gasteiger partial charge in [-0.05, 0) is 50.7 Å². The standard InChI is InChI=1S/C17H26N4O/c1-13(18)15-5-4-10-21(12-15)17(22)14-6-7-16(19-11-14)20-8-2-3-9-20/h6-7,11,13,15H,2-5,8-10,12,18H2,1H3. The molecule has 5 nitrogen and oxygen atoms in total. The largest absolute Gasteiger partial charge is 0.357 e. The van der Waals surface area contributed by atoms with Crippen molar-refractivity contribution in [2.24, 2.45) is 11.7 Å². The van der Waals surface area contributed by atoms with Gasteiger partial charge in [-0.15, -0.1) is 0 Å². The molecule has 120 valence electrons. The second kappa shape index (κ2) is 6.65. The molecule has 2 fully saturated rings. The lowest BCUT2D eigenvalue weighted by Gasteiger charge is -2.34. The Labute approximate surface area is 132 Å². The van der Waals surface area contributed by atoms with Crippen LogP contribution in [-0.4, -0.2) is 48.0 Å². The first-order valence-corrected chi connectivity index (χ1v) is 8.41. The number of piperidine rings is 1. The lowest BCUT2D eigenvalue weighted by Crippen LogP contribution is -2.45. The number of nitrogens with zero attached hydrogens (tertiary/aromatic N) is 3. The van der Waals surface area contributed by atoms with E-state index >= 15 is 0 Å². The summed E-state index contributed by atoms with van der Waals surface area (Å²) in [6.07, 6.45) is 6.35. The Morgan fingerprint density at radius 2 is 2.05 bits per heavy atom. The average molecular weight is 302 g/mol. The molecule has 0 radical (unpaired) electrons. The van der Waals surface area contributed by atoms with E-state index in [1.807, 2.05) is 24.0 Å². The van der Waals surface area contributed by atoms with Crippen LogP contribution in [0.3, 0.4) is 0 Å². The number of pyridine rings is 1. The summed E-state index contributed by atoms with van der Waals surface area (Å²) >= 11 is 0. The van der Waals surface area contributed by atoms with E-state index in [1.165, 1.54) is 12.8 Å². The van der Waals surface area contributed by atoms with Crippen molar-refractivity contribution in [3.63, 3.8) is 0 Å². The number of amides is 1. The van der Waals surface area contributed by atoms with Crippen LogP contribution >= 0.6 is 0 Å². The van der Waals surface area contributed by atoms with E-state index in [-0.39, 0.29) is 11.9 Å². The van der Waals surface area contributed by atoms with Crippen molar-refractivity contribution in [1.82, 2.24) is 9.88 Å². The van der Waals surface area contributed by atoms with E-state index in [9.17, 15) is 4.79 Å². The fourth-order valence-electron chi connectivity index (χ4n) is 3.45. The highest BCUT2D eigenvalue weighted by Gasteiger charge is 2.26. The molecule has 1 amide bonds. The van der Waals surface area contributed by atoms with Crippen molar-refractivity contribution in [3.8, 4) is 0 Å². The number of rotatable bonds is 3. The highest BCUT2D eigenvalue weighted by molar-refractivity contribution is 5.94. The van der Waals surface area contributed by atoms with Gasteiger partial charge in [-0.2, -0.15) is 0 Å². The zero-order valence-electron chi connectivity index (χ0n) is 13.4. The third-order valence-corrected chi connectivity index (χ3v) is 4.91. The van der Waals surface area contributed by atoms with Gasteiger partial charge in [0.05, 0.1) is 5.56 Å². The molecule has 0 spiro atoms. The normalized spacial score (nSPS) is 23.6. The van der Waals surface area contributed by atoms with Crippen LogP contribution < -0.4 is 10.6 Å². The molecule has 1 aromatic heterocycles. The number of anilines is 1. The van der Waals surface area contributed by atoms with E-state index in [4.69, 9.17) is 5.73 Å². The minimum absolute atomic E-state index is 0.0887. The third-order valence-electron chi connectivity index (χ3n) is 4.91. The molecule has 5 heteroatoms. The Morgan fingerprint density at radius 3 is 2.68 bits per heavy atom. The first-order valence-electron chi connectivity index (χ1n) is 8.41. The van der Waals surface area contributed by atoms with Crippen molar-refractivity contribution in [3.05, 3.63) is 23.9 Å². The van der Waals surface area contributed by atoms with E-state index in [2.05, 4.69) is 9.88 Å². The number of carbonyl (C=O) groups is 1. The summed E-state index contributed by atoms with van der Waals surface area (Å²) in [4.78, 5) is 21.3. The predicted molar refractivity (Wildman–Crippen MR) is 88.0 cm³/mol. The van der Waals surface area contributed by atoms with Gasteiger partial charge in [-0.25, -0.2) is 4.98 Å². The Balaban J connectivity index is 1.66. The number of carbonyl (C=O) groups excluding carboxylic acids is 1. The predicted octanol–water partition coefficient (Wildman–Crippen LogP) is 1.88. The zero-order chi connectivity index (χ0) is 15.5. The van der Waals surface area contributed by atoms with Crippen LogP contribution in [0.5, 0.6) is 0 Å². The molecule has 3 heterocycles. The van der Waals surface area contributed by atoms with Crippen molar-refractivity contribution in [2.45, 2.75) is 38.6 Å². The second-order valence-electron chi connectivity index (χ2n) is 6.61. The molecule has 0 aromatic carbocycles. The topological polar surface area (TPSA) is 62.5 Å². The van der Waals surface area contributed by atoms with Gasteiger partial charge in [0.25, 0.3) is 5.91 Å². The number of hydrogen-bond acceptors (Lipinski definition) is 4. The molecule has 2 atom stereocenters. The molecule has 2 unspecified atom stereocenters. The monoisotopic (exact) mass is 302 g/mol. The zero-order valence-corrected chi connectivity index (χ0v) is 13.4. The van der Waals surface area contributed by atoms with Crippen LogP contribution in [0.4, 0.5) is 5.82 Å². The fourth-order valence-corrected chi connectivity index (χ4v) is 3.45. The smallest absolute Gasteiger partial charge is 0.255 e. The van der Waals surface area contributed by atoms with Gasteiger partial charge in [0, 0.05) is 38.4 Å². The van der Waals surface area contributed by atoms with Gasteiger partial charge >= 0.3 is 0 Å². The molecule has 0 aliphatic carbocycles. The Kier molecular flexibility index (Phi) is 4.62. The van der Waals surface area contributed by atoms with Crippen molar-refractivity contribution < 1.29 is 4.79 Å². The van der Waals surface area contributed by atoms with Crippen LogP contribution in [0, 0.1) is 5.92 Å². The highest BCUT2D eigenvalue weighted by atomic mass is 16.2. The van der Waals surface area contributed by atoms with Crippen molar-refractivity contribution >= 4 is 11.7 Å². The molecule has 3 rings (SSSR count). The minimum atomic E-state index is 0.0887. The van der Waals surface area contributed by atoms with E-state index < -0.39 is 0 Å². The Morgan fingerprint density at radius 1 is 1.27 bits per heavy atom.